The van der Waals surface area contributed by atoms with Crippen molar-refractivity contribution in [3.63, 3.8) is 0 Å². The number of hydrogen-bond acceptors (Lipinski definition) is 4. The number of benzene rings is 2. The number of Topliss-reactive ketones (excluding diaryl/α,β-unsaturated/α-hetero) is 1. The van der Waals surface area contributed by atoms with E-state index in [4.69, 9.17) is 14.2 Å². The lowest BCUT2D eigenvalue weighted by atomic mass is 10.0. The summed E-state index contributed by atoms with van der Waals surface area (Å²) in [6.45, 7) is 0. The lowest BCUT2D eigenvalue weighted by Crippen LogP contribution is -2.05. The summed E-state index contributed by atoms with van der Waals surface area (Å²) in [6, 6.07) is 13.7. The lowest BCUT2D eigenvalue weighted by Gasteiger charge is -2.12. The molecule has 0 heterocycles. The van der Waals surface area contributed by atoms with Crippen LogP contribution in [-0.2, 0) is 6.42 Å². The number of unbranched alkanes of at least 4 members (excludes halogenated alkanes) is 5. The Labute approximate surface area is 168 Å². The number of methoxy groups -OCH3 is 3. The summed E-state index contributed by atoms with van der Waals surface area (Å²) < 4.78 is 15.8. The van der Waals surface area contributed by atoms with Crippen LogP contribution in [0.4, 0.5) is 0 Å². The standard InChI is InChI=1S/C24H32O4/c1-26-20-17-15-19(16-18-20)11-8-6-4-5-7-9-12-21(25)24-22(27-2)13-10-14-23(24)28-3/h10,13-18H,4-9,11-12H2,1-3H3. The lowest BCUT2D eigenvalue weighted by molar-refractivity contribution is 0.0973. The van der Waals surface area contributed by atoms with Gasteiger partial charge in [-0.3, -0.25) is 4.79 Å². The Hall–Kier alpha value is -2.49. The minimum atomic E-state index is 0.0915. The Morgan fingerprint density at radius 1 is 0.714 bits per heavy atom. The van der Waals surface area contributed by atoms with Gasteiger partial charge in [-0.25, -0.2) is 0 Å². The second kappa shape index (κ2) is 12.1. The fraction of sp³-hybridized carbons (Fsp3) is 0.458. The molecule has 2 aromatic rings. The second-order valence-corrected chi connectivity index (χ2v) is 6.93. The van der Waals surface area contributed by atoms with Gasteiger partial charge in [0.15, 0.2) is 5.78 Å². The van der Waals surface area contributed by atoms with E-state index in [-0.39, 0.29) is 5.78 Å². The first-order chi connectivity index (χ1) is 13.7. The van der Waals surface area contributed by atoms with Gasteiger partial charge in [-0.2, -0.15) is 0 Å². The summed E-state index contributed by atoms with van der Waals surface area (Å²) in [5.41, 5.74) is 1.92. The van der Waals surface area contributed by atoms with Crippen molar-refractivity contribution in [1.29, 1.82) is 0 Å². The van der Waals surface area contributed by atoms with E-state index in [0.717, 1.165) is 25.0 Å². The monoisotopic (exact) mass is 384 g/mol. The van der Waals surface area contributed by atoms with E-state index < -0.39 is 0 Å². The van der Waals surface area contributed by atoms with Crippen molar-refractivity contribution in [3.8, 4) is 17.2 Å². The van der Waals surface area contributed by atoms with Gasteiger partial charge in [0.2, 0.25) is 0 Å². The van der Waals surface area contributed by atoms with Crippen LogP contribution in [0.5, 0.6) is 17.2 Å². The van der Waals surface area contributed by atoms with E-state index in [2.05, 4.69) is 12.1 Å². The van der Waals surface area contributed by atoms with Crippen molar-refractivity contribution in [3.05, 3.63) is 53.6 Å². The molecule has 4 nitrogen and oxygen atoms in total. The van der Waals surface area contributed by atoms with Crippen LogP contribution in [-0.4, -0.2) is 27.1 Å². The van der Waals surface area contributed by atoms with Gasteiger partial charge < -0.3 is 14.2 Å². The van der Waals surface area contributed by atoms with Gasteiger partial charge in [-0.05, 0) is 49.1 Å². The maximum absolute atomic E-state index is 12.6. The summed E-state index contributed by atoms with van der Waals surface area (Å²) in [4.78, 5) is 12.6. The SMILES string of the molecule is COc1ccc(CCCCCCCCC(=O)c2c(OC)cccc2OC)cc1. The quantitative estimate of drug-likeness (QED) is 0.320. The Kier molecular flexibility index (Phi) is 9.40. The van der Waals surface area contributed by atoms with Gasteiger partial charge in [-0.15, -0.1) is 0 Å². The maximum atomic E-state index is 12.6. The zero-order valence-corrected chi connectivity index (χ0v) is 17.3. The highest BCUT2D eigenvalue weighted by Crippen LogP contribution is 2.30. The van der Waals surface area contributed by atoms with Gasteiger partial charge in [0.05, 0.1) is 21.3 Å². The largest absolute Gasteiger partial charge is 0.497 e. The van der Waals surface area contributed by atoms with Crippen LogP contribution in [0.2, 0.25) is 0 Å². The Balaban J connectivity index is 1.62. The number of ketones is 1. The second-order valence-electron chi connectivity index (χ2n) is 6.93. The highest BCUT2D eigenvalue weighted by atomic mass is 16.5. The number of aryl methyl sites for hydroxylation is 1. The van der Waals surface area contributed by atoms with Crippen molar-refractivity contribution in [2.45, 2.75) is 51.4 Å². The Bertz CT molecular complexity index is 700. The molecule has 0 saturated carbocycles. The van der Waals surface area contributed by atoms with Crippen LogP contribution >= 0.6 is 0 Å². The first-order valence-electron chi connectivity index (χ1n) is 10.1. The number of ether oxygens (including phenoxy) is 3. The molecule has 0 radical (unpaired) electrons. The zero-order chi connectivity index (χ0) is 20.2. The Morgan fingerprint density at radius 3 is 1.86 bits per heavy atom. The van der Waals surface area contributed by atoms with Crippen LogP contribution in [0.3, 0.4) is 0 Å². The molecule has 0 atom stereocenters. The maximum Gasteiger partial charge on any atom is 0.170 e. The molecular formula is C24H32O4. The van der Waals surface area contributed by atoms with Crippen molar-refractivity contribution < 1.29 is 19.0 Å². The van der Waals surface area contributed by atoms with Gasteiger partial charge in [0.25, 0.3) is 0 Å². The minimum Gasteiger partial charge on any atom is -0.497 e. The van der Waals surface area contributed by atoms with Crippen molar-refractivity contribution in [2.75, 3.05) is 21.3 Å². The van der Waals surface area contributed by atoms with Crippen molar-refractivity contribution in [2.24, 2.45) is 0 Å². The third kappa shape index (κ3) is 6.59. The number of hydrogen-bond donors (Lipinski definition) is 0. The first kappa shape index (κ1) is 21.8. The summed E-state index contributed by atoms with van der Waals surface area (Å²) in [7, 11) is 4.85. The molecule has 0 saturated heterocycles. The first-order valence-corrected chi connectivity index (χ1v) is 10.1. The number of carbonyl (C=O) groups excluding carboxylic acids is 1. The molecule has 0 aliphatic heterocycles. The molecule has 0 N–H and O–H groups in total. The van der Waals surface area contributed by atoms with Gasteiger partial charge >= 0.3 is 0 Å². The molecule has 4 heteroatoms. The van der Waals surface area contributed by atoms with Crippen LogP contribution in [0.15, 0.2) is 42.5 Å². The predicted molar refractivity (Wildman–Crippen MR) is 113 cm³/mol. The van der Waals surface area contributed by atoms with E-state index >= 15 is 0 Å². The molecule has 0 aromatic heterocycles. The third-order valence-corrected chi connectivity index (χ3v) is 4.99. The molecule has 0 spiro atoms. The average molecular weight is 385 g/mol. The van der Waals surface area contributed by atoms with E-state index in [0.29, 0.717) is 23.5 Å². The fourth-order valence-corrected chi connectivity index (χ4v) is 3.37. The summed E-state index contributed by atoms with van der Waals surface area (Å²) in [6.07, 6.45) is 8.41. The highest BCUT2D eigenvalue weighted by molar-refractivity contribution is 6.01. The number of rotatable bonds is 13. The molecule has 2 rings (SSSR count). The van der Waals surface area contributed by atoms with Gasteiger partial charge in [0.1, 0.15) is 22.8 Å². The normalized spacial score (nSPS) is 10.5. The van der Waals surface area contributed by atoms with E-state index in [1.165, 1.54) is 31.2 Å². The molecule has 0 unspecified atom stereocenters. The highest BCUT2D eigenvalue weighted by Gasteiger charge is 2.17. The van der Waals surface area contributed by atoms with E-state index in [9.17, 15) is 4.79 Å². The molecule has 28 heavy (non-hydrogen) atoms. The molecule has 0 aliphatic carbocycles. The molecule has 0 fully saturated rings. The van der Waals surface area contributed by atoms with Gasteiger partial charge in [-0.1, -0.05) is 43.9 Å². The van der Waals surface area contributed by atoms with E-state index in [1.807, 2.05) is 18.2 Å². The zero-order valence-electron chi connectivity index (χ0n) is 17.3. The van der Waals surface area contributed by atoms with E-state index in [1.54, 1.807) is 33.5 Å². The Morgan fingerprint density at radius 2 is 1.29 bits per heavy atom. The third-order valence-electron chi connectivity index (χ3n) is 4.99. The van der Waals surface area contributed by atoms with Crippen LogP contribution in [0, 0.1) is 0 Å². The topological polar surface area (TPSA) is 44.8 Å². The summed E-state index contributed by atoms with van der Waals surface area (Å²) in [5.74, 6) is 2.17. The van der Waals surface area contributed by atoms with Crippen LogP contribution in [0.1, 0.15) is 60.9 Å². The molecular weight excluding hydrogens is 352 g/mol. The average Bonchev–Trinajstić information content (AvgIpc) is 2.75. The smallest absolute Gasteiger partial charge is 0.170 e. The fourth-order valence-electron chi connectivity index (χ4n) is 3.37. The molecule has 0 amide bonds. The minimum absolute atomic E-state index is 0.0915. The molecule has 0 bridgehead atoms. The molecule has 152 valence electrons. The van der Waals surface area contributed by atoms with Crippen LogP contribution < -0.4 is 14.2 Å². The molecule has 2 aromatic carbocycles. The number of carbonyl (C=O) groups is 1. The van der Waals surface area contributed by atoms with Crippen molar-refractivity contribution >= 4 is 5.78 Å². The summed E-state index contributed by atoms with van der Waals surface area (Å²) in [5, 5.41) is 0. The predicted octanol–water partition coefficient (Wildman–Crippen LogP) is 5.87. The molecule has 0 aliphatic rings. The van der Waals surface area contributed by atoms with Crippen molar-refractivity contribution in [1.82, 2.24) is 0 Å². The van der Waals surface area contributed by atoms with Crippen LogP contribution in [0.25, 0.3) is 0 Å². The van der Waals surface area contributed by atoms with Gasteiger partial charge in [0, 0.05) is 6.42 Å². The summed E-state index contributed by atoms with van der Waals surface area (Å²) >= 11 is 0.